The molecular weight excluding hydrogens is 201 g/mol. The van der Waals surface area contributed by atoms with Crippen molar-refractivity contribution in [3.8, 4) is 0 Å². The first kappa shape index (κ1) is 11.5. The fourth-order valence-corrected chi connectivity index (χ4v) is 1.90. The standard InChI is InChI=1S/C11H14FN.ClH/c1-8-7-13-5-4-9-2-3-10(12)6-11(8)9;/h2-3,6,8,13H,4-5,7H2,1H3;1H. The van der Waals surface area contributed by atoms with Gasteiger partial charge in [0.15, 0.2) is 0 Å². The van der Waals surface area contributed by atoms with E-state index in [1.807, 2.05) is 6.07 Å². The summed E-state index contributed by atoms with van der Waals surface area (Å²) in [6.07, 6.45) is 1.01. The smallest absolute Gasteiger partial charge is 0.123 e. The van der Waals surface area contributed by atoms with Gasteiger partial charge < -0.3 is 5.32 Å². The normalized spacial score (nSPS) is 20.6. The zero-order valence-corrected chi connectivity index (χ0v) is 9.03. The largest absolute Gasteiger partial charge is 0.316 e. The second kappa shape index (κ2) is 4.76. The summed E-state index contributed by atoms with van der Waals surface area (Å²) in [5.74, 6) is 0.306. The van der Waals surface area contributed by atoms with Crippen LogP contribution in [0.1, 0.15) is 24.0 Å². The molecule has 1 unspecified atom stereocenters. The van der Waals surface area contributed by atoms with Crippen LogP contribution in [0, 0.1) is 5.82 Å². The van der Waals surface area contributed by atoms with Gasteiger partial charge in [-0.1, -0.05) is 13.0 Å². The Morgan fingerprint density at radius 1 is 1.43 bits per heavy atom. The second-order valence-corrected chi connectivity index (χ2v) is 3.70. The van der Waals surface area contributed by atoms with Crippen LogP contribution in [-0.4, -0.2) is 13.1 Å². The van der Waals surface area contributed by atoms with Gasteiger partial charge in [-0.15, -0.1) is 12.4 Å². The van der Waals surface area contributed by atoms with E-state index in [0.717, 1.165) is 19.5 Å². The molecule has 1 heterocycles. The molecule has 78 valence electrons. The third-order valence-electron chi connectivity index (χ3n) is 2.66. The highest BCUT2D eigenvalue weighted by Gasteiger charge is 2.14. The fraction of sp³-hybridized carbons (Fsp3) is 0.455. The van der Waals surface area contributed by atoms with Gasteiger partial charge in [0, 0.05) is 6.54 Å². The van der Waals surface area contributed by atoms with E-state index in [1.165, 1.54) is 11.1 Å². The Labute approximate surface area is 90.1 Å². The lowest BCUT2D eigenvalue weighted by Gasteiger charge is -2.11. The average Bonchev–Trinajstić information content (AvgIpc) is 2.29. The molecule has 2 rings (SSSR count). The third-order valence-corrected chi connectivity index (χ3v) is 2.66. The molecule has 1 nitrogen and oxygen atoms in total. The Hall–Kier alpha value is -0.600. The zero-order valence-electron chi connectivity index (χ0n) is 8.22. The van der Waals surface area contributed by atoms with Gasteiger partial charge in [0.1, 0.15) is 5.82 Å². The number of nitrogens with one attached hydrogen (secondary N) is 1. The minimum Gasteiger partial charge on any atom is -0.316 e. The molecular formula is C11H15ClFN. The van der Waals surface area contributed by atoms with Crippen molar-refractivity contribution in [1.29, 1.82) is 0 Å². The van der Waals surface area contributed by atoms with E-state index >= 15 is 0 Å². The van der Waals surface area contributed by atoms with Gasteiger partial charge in [0.2, 0.25) is 0 Å². The van der Waals surface area contributed by atoms with Crippen LogP contribution in [0.5, 0.6) is 0 Å². The lowest BCUT2D eigenvalue weighted by Crippen LogP contribution is -2.18. The van der Waals surface area contributed by atoms with Gasteiger partial charge in [0.25, 0.3) is 0 Å². The first-order valence-corrected chi connectivity index (χ1v) is 4.76. The predicted molar refractivity (Wildman–Crippen MR) is 58.6 cm³/mol. The lowest BCUT2D eigenvalue weighted by atomic mass is 9.95. The van der Waals surface area contributed by atoms with Crippen molar-refractivity contribution in [2.75, 3.05) is 13.1 Å². The first-order valence-electron chi connectivity index (χ1n) is 4.76. The molecule has 0 radical (unpaired) electrons. The third kappa shape index (κ3) is 2.25. The Morgan fingerprint density at radius 2 is 2.21 bits per heavy atom. The summed E-state index contributed by atoms with van der Waals surface area (Å²) >= 11 is 0. The number of hydrogen-bond acceptors (Lipinski definition) is 1. The summed E-state index contributed by atoms with van der Waals surface area (Å²) < 4.78 is 13.0. The molecule has 0 aromatic heterocycles. The number of hydrogen-bond donors (Lipinski definition) is 1. The van der Waals surface area contributed by atoms with Crippen LogP contribution in [-0.2, 0) is 6.42 Å². The van der Waals surface area contributed by atoms with Crippen LogP contribution in [0.4, 0.5) is 4.39 Å². The van der Waals surface area contributed by atoms with E-state index in [1.54, 1.807) is 12.1 Å². The van der Waals surface area contributed by atoms with Crippen molar-refractivity contribution in [3.05, 3.63) is 35.1 Å². The highest BCUT2D eigenvalue weighted by Crippen LogP contribution is 2.22. The minimum atomic E-state index is -0.118. The average molecular weight is 216 g/mol. The highest BCUT2D eigenvalue weighted by molar-refractivity contribution is 5.85. The minimum absolute atomic E-state index is 0. The summed E-state index contributed by atoms with van der Waals surface area (Å²) in [6.45, 7) is 4.09. The number of benzene rings is 1. The van der Waals surface area contributed by atoms with Crippen molar-refractivity contribution < 1.29 is 4.39 Å². The molecule has 1 aromatic rings. The Balaban J connectivity index is 0.000000980. The summed E-state index contributed by atoms with van der Waals surface area (Å²) in [5, 5.41) is 3.34. The van der Waals surface area contributed by atoms with Crippen molar-refractivity contribution in [2.45, 2.75) is 19.3 Å². The van der Waals surface area contributed by atoms with E-state index in [9.17, 15) is 4.39 Å². The molecule has 0 saturated heterocycles. The van der Waals surface area contributed by atoms with Gasteiger partial charge in [0.05, 0.1) is 0 Å². The Bertz CT molecular complexity index is 314. The maximum atomic E-state index is 13.0. The topological polar surface area (TPSA) is 12.0 Å². The molecule has 1 N–H and O–H groups in total. The summed E-state index contributed by atoms with van der Waals surface area (Å²) in [7, 11) is 0. The van der Waals surface area contributed by atoms with Gasteiger partial charge >= 0.3 is 0 Å². The molecule has 0 saturated carbocycles. The maximum absolute atomic E-state index is 13.0. The van der Waals surface area contributed by atoms with Crippen LogP contribution in [0.3, 0.4) is 0 Å². The predicted octanol–water partition coefficient (Wildman–Crippen LogP) is 2.50. The van der Waals surface area contributed by atoms with Crippen LogP contribution in [0.15, 0.2) is 18.2 Å². The van der Waals surface area contributed by atoms with Crippen molar-refractivity contribution in [2.24, 2.45) is 0 Å². The molecule has 1 aliphatic rings. The molecule has 0 aliphatic carbocycles. The van der Waals surface area contributed by atoms with Crippen LogP contribution < -0.4 is 5.32 Å². The van der Waals surface area contributed by atoms with Crippen molar-refractivity contribution >= 4 is 12.4 Å². The van der Waals surface area contributed by atoms with Gasteiger partial charge in [-0.3, -0.25) is 0 Å². The van der Waals surface area contributed by atoms with E-state index < -0.39 is 0 Å². The van der Waals surface area contributed by atoms with Crippen LogP contribution >= 0.6 is 12.4 Å². The summed E-state index contributed by atoms with van der Waals surface area (Å²) in [4.78, 5) is 0. The van der Waals surface area contributed by atoms with Crippen molar-refractivity contribution in [1.82, 2.24) is 5.32 Å². The van der Waals surface area contributed by atoms with E-state index in [-0.39, 0.29) is 18.2 Å². The van der Waals surface area contributed by atoms with Crippen LogP contribution in [0.2, 0.25) is 0 Å². The molecule has 0 amide bonds. The molecule has 0 fully saturated rings. The SMILES string of the molecule is CC1CNCCc2ccc(F)cc21.Cl. The van der Waals surface area contributed by atoms with E-state index in [0.29, 0.717) is 5.92 Å². The maximum Gasteiger partial charge on any atom is 0.123 e. The molecule has 0 bridgehead atoms. The van der Waals surface area contributed by atoms with Gasteiger partial charge in [-0.05, 0) is 42.1 Å². The van der Waals surface area contributed by atoms with E-state index in [2.05, 4.69) is 12.2 Å². The number of rotatable bonds is 0. The van der Waals surface area contributed by atoms with Crippen molar-refractivity contribution in [3.63, 3.8) is 0 Å². The molecule has 1 aliphatic heterocycles. The lowest BCUT2D eigenvalue weighted by molar-refractivity contribution is 0.615. The quantitative estimate of drug-likeness (QED) is 0.701. The number of halogens is 2. The first-order chi connectivity index (χ1) is 6.27. The zero-order chi connectivity index (χ0) is 9.26. The van der Waals surface area contributed by atoms with Gasteiger partial charge in [-0.25, -0.2) is 4.39 Å². The molecule has 0 spiro atoms. The second-order valence-electron chi connectivity index (χ2n) is 3.70. The highest BCUT2D eigenvalue weighted by atomic mass is 35.5. The molecule has 1 atom stereocenters. The molecule has 1 aromatic carbocycles. The summed E-state index contributed by atoms with van der Waals surface area (Å²) in [6, 6.07) is 5.14. The number of fused-ring (bicyclic) bond motifs is 1. The van der Waals surface area contributed by atoms with E-state index in [4.69, 9.17) is 0 Å². The molecule has 3 heteroatoms. The van der Waals surface area contributed by atoms with Crippen LogP contribution in [0.25, 0.3) is 0 Å². The Kier molecular flexibility index (Phi) is 3.90. The Morgan fingerprint density at radius 3 is 3.00 bits per heavy atom. The monoisotopic (exact) mass is 215 g/mol. The fourth-order valence-electron chi connectivity index (χ4n) is 1.90. The van der Waals surface area contributed by atoms with Gasteiger partial charge in [-0.2, -0.15) is 0 Å². The molecule has 14 heavy (non-hydrogen) atoms. The summed E-state index contributed by atoms with van der Waals surface area (Å²) in [5.41, 5.74) is 2.46.